The van der Waals surface area contributed by atoms with Crippen molar-refractivity contribution in [1.29, 1.82) is 0 Å². The second-order valence-corrected chi connectivity index (χ2v) is 4.82. The summed E-state index contributed by atoms with van der Waals surface area (Å²) in [6.07, 6.45) is 5.41. The van der Waals surface area contributed by atoms with Gasteiger partial charge in [-0.3, -0.25) is 0 Å². The Kier molecular flexibility index (Phi) is 10.7. The molecule has 0 bridgehead atoms. The molecular formula is C15H34N2O. The van der Waals surface area contributed by atoms with Crippen molar-refractivity contribution in [3.63, 3.8) is 0 Å². The SMILES string of the molecule is CC.CC.OCCN1CCC2(CCNCC2)CC1. The molecule has 1 spiro atoms. The highest BCUT2D eigenvalue weighted by molar-refractivity contribution is 4.89. The lowest BCUT2D eigenvalue weighted by atomic mass is 9.71. The quantitative estimate of drug-likeness (QED) is 0.799. The fourth-order valence-corrected chi connectivity index (χ4v) is 2.85. The summed E-state index contributed by atoms with van der Waals surface area (Å²) in [5.74, 6) is 0. The molecule has 3 nitrogen and oxygen atoms in total. The molecule has 2 saturated heterocycles. The van der Waals surface area contributed by atoms with Crippen LogP contribution in [0, 0.1) is 5.41 Å². The molecule has 2 fully saturated rings. The van der Waals surface area contributed by atoms with Crippen LogP contribution in [0.2, 0.25) is 0 Å². The fourth-order valence-electron chi connectivity index (χ4n) is 2.85. The van der Waals surface area contributed by atoms with Gasteiger partial charge in [-0.05, 0) is 57.3 Å². The standard InChI is InChI=1S/C11H22N2O.2C2H6/c14-10-9-13-7-3-11(4-8-13)1-5-12-6-2-11;2*1-2/h12,14H,1-10H2;2*1-2H3. The lowest BCUT2D eigenvalue weighted by Gasteiger charge is -2.44. The first-order valence-electron chi connectivity index (χ1n) is 7.89. The Hall–Kier alpha value is -0.120. The minimum Gasteiger partial charge on any atom is -0.395 e. The van der Waals surface area contributed by atoms with Crippen LogP contribution in [0.4, 0.5) is 0 Å². The maximum Gasteiger partial charge on any atom is 0.0558 e. The van der Waals surface area contributed by atoms with E-state index in [0.717, 1.165) is 6.54 Å². The molecule has 0 amide bonds. The molecule has 0 aromatic rings. The average molecular weight is 258 g/mol. The van der Waals surface area contributed by atoms with Crippen molar-refractivity contribution in [3.05, 3.63) is 0 Å². The van der Waals surface area contributed by atoms with E-state index in [4.69, 9.17) is 5.11 Å². The van der Waals surface area contributed by atoms with Crippen molar-refractivity contribution in [2.24, 2.45) is 5.41 Å². The van der Waals surface area contributed by atoms with Crippen molar-refractivity contribution >= 4 is 0 Å². The largest absolute Gasteiger partial charge is 0.395 e. The Morgan fingerprint density at radius 3 is 1.89 bits per heavy atom. The van der Waals surface area contributed by atoms with Crippen LogP contribution in [0.1, 0.15) is 53.4 Å². The lowest BCUT2D eigenvalue weighted by Crippen LogP contribution is -2.46. The molecule has 2 rings (SSSR count). The molecule has 0 aromatic carbocycles. The van der Waals surface area contributed by atoms with E-state index >= 15 is 0 Å². The Morgan fingerprint density at radius 1 is 0.944 bits per heavy atom. The van der Waals surface area contributed by atoms with Gasteiger partial charge in [0.1, 0.15) is 0 Å². The normalized spacial score (nSPS) is 22.5. The second kappa shape index (κ2) is 10.8. The van der Waals surface area contributed by atoms with Gasteiger partial charge in [-0.25, -0.2) is 0 Å². The monoisotopic (exact) mass is 258 g/mol. The van der Waals surface area contributed by atoms with Gasteiger partial charge in [0, 0.05) is 6.54 Å². The first kappa shape index (κ1) is 17.9. The van der Waals surface area contributed by atoms with Gasteiger partial charge in [-0.2, -0.15) is 0 Å². The van der Waals surface area contributed by atoms with E-state index < -0.39 is 0 Å². The third-order valence-corrected chi connectivity index (χ3v) is 4.00. The average Bonchev–Trinajstić information content (AvgIpc) is 2.47. The third-order valence-electron chi connectivity index (χ3n) is 4.00. The van der Waals surface area contributed by atoms with Gasteiger partial charge >= 0.3 is 0 Å². The minimum absolute atomic E-state index is 0.314. The van der Waals surface area contributed by atoms with Crippen LogP contribution in [-0.2, 0) is 0 Å². The maximum atomic E-state index is 8.87. The van der Waals surface area contributed by atoms with E-state index in [9.17, 15) is 0 Å². The Morgan fingerprint density at radius 2 is 1.44 bits per heavy atom. The molecule has 3 heteroatoms. The minimum atomic E-state index is 0.314. The topological polar surface area (TPSA) is 35.5 Å². The predicted molar refractivity (Wildman–Crippen MR) is 80.0 cm³/mol. The van der Waals surface area contributed by atoms with Crippen molar-refractivity contribution < 1.29 is 5.11 Å². The van der Waals surface area contributed by atoms with E-state index in [-0.39, 0.29) is 0 Å². The smallest absolute Gasteiger partial charge is 0.0558 e. The van der Waals surface area contributed by atoms with Crippen LogP contribution >= 0.6 is 0 Å². The van der Waals surface area contributed by atoms with Crippen molar-refractivity contribution in [2.45, 2.75) is 53.4 Å². The molecule has 0 aromatic heterocycles. The van der Waals surface area contributed by atoms with E-state index in [1.54, 1.807) is 0 Å². The summed E-state index contributed by atoms with van der Waals surface area (Å²) >= 11 is 0. The molecule has 2 aliphatic heterocycles. The van der Waals surface area contributed by atoms with Crippen LogP contribution < -0.4 is 5.32 Å². The number of hydrogen-bond acceptors (Lipinski definition) is 3. The van der Waals surface area contributed by atoms with Gasteiger partial charge < -0.3 is 15.3 Å². The zero-order chi connectivity index (χ0) is 13.9. The summed E-state index contributed by atoms with van der Waals surface area (Å²) < 4.78 is 0. The Labute approximate surface area is 114 Å². The van der Waals surface area contributed by atoms with Crippen molar-refractivity contribution in [1.82, 2.24) is 10.2 Å². The number of β-amino-alcohol motifs (C(OH)–C–C–N with tert-alkyl or cyclic N) is 1. The molecule has 110 valence electrons. The van der Waals surface area contributed by atoms with E-state index in [0.29, 0.717) is 12.0 Å². The van der Waals surface area contributed by atoms with Crippen LogP contribution in [-0.4, -0.2) is 49.3 Å². The predicted octanol–water partition coefficient (Wildman–Crippen LogP) is 2.50. The van der Waals surface area contributed by atoms with Gasteiger partial charge in [-0.15, -0.1) is 0 Å². The summed E-state index contributed by atoms with van der Waals surface area (Å²) in [5.41, 5.74) is 0.650. The lowest BCUT2D eigenvalue weighted by molar-refractivity contribution is 0.0642. The zero-order valence-electron chi connectivity index (χ0n) is 13.0. The Balaban J connectivity index is 0.000000659. The number of likely N-dealkylation sites (tertiary alicyclic amines) is 1. The second-order valence-electron chi connectivity index (χ2n) is 4.82. The number of hydrogen-bond donors (Lipinski definition) is 2. The molecule has 0 aliphatic carbocycles. The Bertz CT molecular complexity index is 169. The highest BCUT2D eigenvalue weighted by Crippen LogP contribution is 2.39. The molecule has 2 aliphatic rings. The number of rotatable bonds is 2. The molecule has 2 heterocycles. The molecule has 18 heavy (non-hydrogen) atoms. The summed E-state index contributed by atoms with van der Waals surface area (Å²) in [5, 5.41) is 12.3. The fraction of sp³-hybridized carbons (Fsp3) is 1.00. The summed E-state index contributed by atoms with van der Waals surface area (Å²) in [6.45, 7) is 14.0. The van der Waals surface area contributed by atoms with E-state index in [1.165, 1.54) is 51.9 Å². The molecule has 0 atom stereocenters. The third kappa shape index (κ3) is 5.68. The summed E-state index contributed by atoms with van der Waals surface area (Å²) in [4.78, 5) is 2.40. The molecule has 2 N–H and O–H groups in total. The summed E-state index contributed by atoms with van der Waals surface area (Å²) in [7, 11) is 0. The first-order chi connectivity index (χ1) is 8.85. The highest BCUT2D eigenvalue weighted by atomic mass is 16.3. The van der Waals surface area contributed by atoms with Gasteiger partial charge in [0.25, 0.3) is 0 Å². The number of nitrogens with zero attached hydrogens (tertiary/aromatic N) is 1. The molecular weight excluding hydrogens is 224 g/mol. The van der Waals surface area contributed by atoms with Crippen LogP contribution in [0.3, 0.4) is 0 Å². The first-order valence-corrected chi connectivity index (χ1v) is 7.89. The van der Waals surface area contributed by atoms with Crippen LogP contribution in [0.15, 0.2) is 0 Å². The number of aliphatic hydroxyl groups excluding tert-OH is 1. The van der Waals surface area contributed by atoms with E-state index in [2.05, 4.69) is 10.2 Å². The van der Waals surface area contributed by atoms with Gasteiger partial charge in [0.15, 0.2) is 0 Å². The maximum absolute atomic E-state index is 8.87. The van der Waals surface area contributed by atoms with Gasteiger partial charge in [-0.1, -0.05) is 27.7 Å². The van der Waals surface area contributed by atoms with Gasteiger partial charge in [0.2, 0.25) is 0 Å². The van der Waals surface area contributed by atoms with Crippen molar-refractivity contribution in [2.75, 3.05) is 39.3 Å². The van der Waals surface area contributed by atoms with E-state index in [1.807, 2.05) is 27.7 Å². The van der Waals surface area contributed by atoms with Crippen LogP contribution in [0.25, 0.3) is 0 Å². The highest BCUT2D eigenvalue weighted by Gasteiger charge is 2.35. The van der Waals surface area contributed by atoms with Crippen molar-refractivity contribution in [3.8, 4) is 0 Å². The summed E-state index contributed by atoms with van der Waals surface area (Å²) in [6, 6.07) is 0. The molecule has 0 unspecified atom stereocenters. The van der Waals surface area contributed by atoms with Gasteiger partial charge in [0.05, 0.1) is 6.61 Å². The number of nitrogens with one attached hydrogen (secondary N) is 1. The van der Waals surface area contributed by atoms with Crippen LogP contribution in [0.5, 0.6) is 0 Å². The molecule has 0 saturated carbocycles. The number of aliphatic hydroxyl groups is 1. The zero-order valence-corrected chi connectivity index (χ0v) is 13.0. The molecule has 0 radical (unpaired) electrons. The number of piperidine rings is 2.